The van der Waals surface area contributed by atoms with E-state index < -0.39 is 0 Å². The van der Waals surface area contributed by atoms with Gasteiger partial charge in [0.25, 0.3) is 0 Å². The van der Waals surface area contributed by atoms with E-state index in [1.54, 1.807) is 6.20 Å². The number of aryl methyl sites for hydroxylation is 3. The zero-order valence-electron chi connectivity index (χ0n) is 15.6. The van der Waals surface area contributed by atoms with Gasteiger partial charge in [0.2, 0.25) is 0 Å². The largest absolute Gasteiger partial charge is 0.300 e. The molecule has 0 amide bonds. The highest BCUT2D eigenvalue weighted by Gasteiger charge is 2.06. The van der Waals surface area contributed by atoms with Crippen LogP contribution in [0.4, 0.5) is 0 Å². The van der Waals surface area contributed by atoms with Crippen LogP contribution in [-0.2, 0) is 6.42 Å². The second-order valence-electron chi connectivity index (χ2n) is 6.82. The average Bonchev–Trinajstić information content (AvgIpc) is 2.61. The van der Waals surface area contributed by atoms with Crippen molar-refractivity contribution in [2.75, 3.05) is 0 Å². The molecule has 3 aromatic rings. The predicted molar refractivity (Wildman–Crippen MR) is 110 cm³/mol. The van der Waals surface area contributed by atoms with Gasteiger partial charge < -0.3 is 5.41 Å². The van der Waals surface area contributed by atoms with Crippen molar-refractivity contribution in [3.63, 3.8) is 0 Å². The zero-order valence-corrected chi connectivity index (χ0v) is 15.6. The number of benzene rings is 2. The molecule has 3 rings (SSSR count). The average molecular weight is 340 g/mol. The summed E-state index contributed by atoms with van der Waals surface area (Å²) in [4.78, 5) is 4.27. The highest BCUT2D eigenvalue weighted by Crippen LogP contribution is 2.18. The Morgan fingerprint density at radius 3 is 2.38 bits per heavy atom. The lowest BCUT2D eigenvalue weighted by molar-refractivity contribution is 1.16. The molecule has 1 N–H and O–H groups in total. The monoisotopic (exact) mass is 340 g/mol. The van der Waals surface area contributed by atoms with Gasteiger partial charge in [-0.3, -0.25) is 4.98 Å². The van der Waals surface area contributed by atoms with E-state index in [4.69, 9.17) is 5.41 Å². The third-order valence-electron chi connectivity index (χ3n) is 4.39. The molecule has 0 radical (unpaired) electrons. The van der Waals surface area contributed by atoms with Crippen molar-refractivity contribution in [2.24, 2.45) is 0 Å². The Morgan fingerprint density at radius 2 is 1.69 bits per heavy atom. The van der Waals surface area contributed by atoms with Gasteiger partial charge >= 0.3 is 0 Å². The maximum absolute atomic E-state index is 8.45. The molecule has 0 aliphatic rings. The Morgan fingerprint density at radius 1 is 0.923 bits per heavy atom. The molecular formula is C24H24N2. The molecule has 1 heterocycles. The first-order valence-electron chi connectivity index (χ1n) is 8.86. The molecule has 26 heavy (non-hydrogen) atoms. The minimum absolute atomic E-state index is 0.510. The maximum Gasteiger partial charge on any atom is 0.0630 e. The van der Waals surface area contributed by atoms with E-state index in [0.717, 1.165) is 23.2 Å². The molecule has 0 saturated carbocycles. The van der Waals surface area contributed by atoms with Crippen LogP contribution in [0, 0.1) is 26.2 Å². The summed E-state index contributed by atoms with van der Waals surface area (Å²) in [6.07, 6.45) is 6.36. The van der Waals surface area contributed by atoms with Crippen LogP contribution in [0.25, 0.3) is 6.08 Å². The lowest BCUT2D eigenvalue weighted by Crippen LogP contribution is -2.00. The Kier molecular flexibility index (Phi) is 5.43. The van der Waals surface area contributed by atoms with E-state index in [1.165, 1.54) is 22.3 Å². The van der Waals surface area contributed by atoms with Crippen molar-refractivity contribution in [3.8, 4) is 0 Å². The summed E-state index contributed by atoms with van der Waals surface area (Å²) in [5, 5.41) is 8.45. The standard InChI is InChI=1S/C24H24N2/c1-17-12-18(2)14-21(13-17)15-20-8-7-19(3)23(16-20)24(25)10-9-22-6-4-5-11-26-22/h4-14,16,25H,15H2,1-3H3/b10-9+,25-24?. The summed E-state index contributed by atoms with van der Waals surface area (Å²) in [5.74, 6) is 0. The van der Waals surface area contributed by atoms with Gasteiger partial charge in [-0.15, -0.1) is 0 Å². The Balaban J connectivity index is 1.83. The smallest absolute Gasteiger partial charge is 0.0630 e. The number of hydrogen-bond donors (Lipinski definition) is 1. The molecule has 0 unspecified atom stereocenters. The van der Waals surface area contributed by atoms with Crippen molar-refractivity contribution in [1.82, 2.24) is 4.98 Å². The maximum atomic E-state index is 8.45. The predicted octanol–water partition coefficient (Wildman–Crippen LogP) is 5.68. The van der Waals surface area contributed by atoms with Gasteiger partial charge in [0.05, 0.1) is 11.4 Å². The minimum Gasteiger partial charge on any atom is -0.300 e. The van der Waals surface area contributed by atoms with E-state index in [0.29, 0.717) is 5.71 Å². The quantitative estimate of drug-likeness (QED) is 0.596. The van der Waals surface area contributed by atoms with Crippen LogP contribution in [0.3, 0.4) is 0 Å². The van der Waals surface area contributed by atoms with Crippen LogP contribution in [0.5, 0.6) is 0 Å². The van der Waals surface area contributed by atoms with Crippen molar-refractivity contribution >= 4 is 11.8 Å². The normalized spacial score (nSPS) is 11.0. The minimum atomic E-state index is 0.510. The fraction of sp³-hybridized carbons (Fsp3) is 0.167. The van der Waals surface area contributed by atoms with Crippen LogP contribution in [0.2, 0.25) is 0 Å². The van der Waals surface area contributed by atoms with E-state index in [-0.39, 0.29) is 0 Å². The summed E-state index contributed by atoms with van der Waals surface area (Å²) in [6.45, 7) is 6.32. The topological polar surface area (TPSA) is 36.7 Å². The molecule has 0 aliphatic carbocycles. The van der Waals surface area contributed by atoms with Crippen molar-refractivity contribution in [2.45, 2.75) is 27.2 Å². The number of aromatic nitrogens is 1. The molecule has 0 atom stereocenters. The molecule has 0 bridgehead atoms. The highest BCUT2D eigenvalue weighted by molar-refractivity contribution is 6.09. The second kappa shape index (κ2) is 7.92. The molecule has 2 heteroatoms. The Bertz CT molecular complexity index is 933. The first kappa shape index (κ1) is 17.8. The molecule has 2 nitrogen and oxygen atoms in total. The fourth-order valence-electron chi connectivity index (χ4n) is 3.21. The van der Waals surface area contributed by atoms with Crippen LogP contribution >= 0.6 is 0 Å². The molecule has 0 fully saturated rings. The number of hydrogen-bond acceptors (Lipinski definition) is 2. The molecule has 1 aromatic heterocycles. The van der Waals surface area contributed by atoms with Gasteiger partial charge in [-0.2, -0.15) is 0 Å². The van der Waals surface area contributed by atoms with E-state index in [9.17, 15) is 0 Å². The third kappa shape index (κ3) is 4.54. The number of nitrogens with one attached hydrogen (secondary N) is 1. The first-order chi connectivity index (χ1) is 12.5. The Labute approximate surface area is 155 Å². The van der Waals surface area contributed by atoms with Gasteiger partial charge in [0.15, 0.2) is 0 Å². The van der Waals surface area contributed by atoms with Crippen molar-refractivity contribution < 1.29 is 0 Å². The fourth-order valence-corrected chi connectivity index (χ4v) is 3.21. The van der Waals surface area contributed by atoms with Crippen LogP contribution in [-0.4, -0.2) is 10.7 Å². The van der Waals surface area contributed by atoms with Crippen LogP contribution < -0.4 is 0 Å². The summed E-state index contributed by atoms with van der Waals surface area (Å²) >= 11 is 0. The summed E-state index contributed by atoms with van der Waals surface area (Å²) < 4.78 is 0. The summed E-state index contributed by atoms with van der Waals surface area (Å²) in [5.41, 5.74) is 8.58. The molecule has 0 aliphatic heterocycles. The van der Waals surface area contributed by atoms with E-state index >= 15 is 0 Å². The van der Waals surface area contributed by atoms with Gasteiger partial charge in [0, 0.05) is 11.8 Å². The lowest BCUT2D eigenvalue weighted by Gasteiger charge is -2.10. The van der Waals surface area contributed by atoms with Crippen LogP contribution in [0.1, 0.15) is 39.1 Å². The molecule has 0 spiro atoms. The van der Waals surface area contributed by atoms with Crippen molar-refractivity contribution in [1.29, 1.82) is 5.41 Å². The third-order valence-corrected chi connectivity index (χ3v) is 4.39. The SMILES string of the molecule is Cc1cc(C)cc(Cc2ccc(C)c(C(=N)/C=C/c3ccccn3)c2)c1. The van der Waals surface area contributed by atoms with Crippen molar-refractivity contribution in [3.05, 3.63) is 106 Å². The van der Waals surface area contributed by atoms with Gasteiger partial charge in [0.1, 0.15) is 0 Å². The molecular weight excluding hydrogens is 316 g/mol. The summed E-state index contributed by atoms with van der Waals surface area (Å²) in [6, 6.07) is 18.9. The molecule has 2 aromatic carbocycles. The van der Waals surface area contributed by atoms with Gasteiger partial charge in [-0.25, -0.2) is 0 Å². The second-order valence-corrected chi connectivity index (χ2v) is 6.82. The lowest BCUT2D eigenvalue weighted by atomic mass is 9.95. The number of pyridine rings is 1. The molecule has 130 valence electrons. The molecule has 0 saturated heterocycles. The first-order valence-corrected chi connectivity index (χ1v) is 8.86. The number of rotatable bonds is 5. The zero-order chi connectivity index (χ0) is 18.5. The highest BCUT2D eigenvalue weighted by atomic mass is 14.6. The number of allylic oxidation sites excluding steroid dienone is 1. The number of nitrogens with zero attached hydrogens (tertiary/aromatic N) is 1. The van der Waals surface area contributed by atoms with E-state index in [2.05, 4.69) is 62.2 Å². The summed E-state index contributed by atoms with van der Waals surface area (Å²) in [7, 11) is 0. The Hall–Kier alpha value is -3.00. The van der Waals surface area contributed by atoms with Crippen LogP contribution in [0.15, 0.2) is 66.9 Å². The van der Waals surface area contributed by atoms with Gasteiger partial charge in [-0.1, -0.05) is 47.5 Å². The van der Waals surface area contributed by atoms with E-state index in [1.807, 2.05) is 30.4 Å². The van der Waals surface area contributed by atoms with Gasteiger partial charge in [-0.05, 0) is 74.2 Å².